The number of nitrogen functional groups attached to an aromatic ring is 1. The fourth-order valence-corrected chi connectivity index (χ4v) is 1.29. The first-order valence-electron chi connectivity index (χ1n) is 4.32. The van der Waals surface area contributed by atoms with Gasteiger partial charge in [-0.15, -0.1) is 0 Å². The molecule has 6 nitrogen and oxygen atoms in total. The average Bonchev–Trinajstić information content (AvgIpc) is 2.53. The van der Waals surface area contributed by atoms with Crippen molar-refractivity contribution in [2.24, 2.45) is 0 Å². The summed E-state index contributed by atoms with van der Waals surface area (Å²) in [7, 11) is 1.31. The van der Waals surface area contributed by atoms with Crippen LogP contribution in [0.2, 0.25) is 0 Å². The molecule has 0 fully saturated rings. The molecule has 15 heavy (non-hydrogen) atoms. The summed E-state index contributed by atoms with van der Waals surface area (Å²) in [5.41, 5.74) is 7.82. The molecule has 0 aliphatic rings. The number of ether oxygens (including phenoxy) is 1. The molecule has 0 unspecified atom stereocenters. The molecule has 0 aromatic carbocycles. The molecular formula is C9H10N4O2. The average molecular weight is 206 g/mol. The van der Waals surface area contributed by atoms with Gasteiger partial charge in [0.05, 0.1) is 18.4 Å². The zero-order valence-corrected chi connectivity index (χ0v) is 8.39. The maximum atomic E-state index is 11.2. The summed E-state index contributed by atoms with van der Waals surface area (Å²) in [6, 6.07) is 0. The number of carbonyl (C=O) groups excluding carboxylic acids is 1. The van der Waals surface area contributed by atoms with E-state index in [0.29, 0.717) is 22.6 Å². The van der Waals surface area contributed by atoms with Crippen LogP contribution >= 0.6 is 0 Å². The Morgan fingerprint density at radius 3 is 3.00 bits per heavy atom. The van der Waals surface area contributed by atoms with Crippen LogP contribution in [0.25, 0.3) is 5.65 Å². The van der Waals surface area contributed by atoms with E-state index in [9.17, 15) is 4.79 Å². The molecular weight excluding hydrogens is 196 g/mol. The summed E-state index contributed by atoms with van der Waals surface area (Å²) in [5, 5.41) is 4.11. The minimum atomic E-state index is -0.448. The highest BCUT2D eigenvalue weighted by atomic mass is 16.5. The van der Waals surface area contributed by atoms with Crippen LogP contribution in [0.1, 0.15) is 16.1 Å². The Balaban J connectivity index is 2.62. The monoisotopic (exact) mass is 206 g/mol. The van der Waals surface area contributed by atoms with Gasteiger partial charge >= 0.3 is 5.97 Å². The number of anilines is 1. The van der Waals surface area contributed by atoms with E-state index in [1.54, 1.807) is 6.92 Å². The SMILES string of the molecule is COC(=O)c1cnc2c(N)c(C)nn2c1. The first-order chi connectivity index (χ1) is 7.13. The van der Waals surface area contributed by atoms with Crippen molar-refractivity contribution in [3.8, 4) is 0 Å². The second-order valence-electron chi connectivity index (χ2n) is 3.10. The van der Waals surface area contributed by atoms with Crippen molar-refractivity contribution in [1.29, 1.82) is 0 Å². The van der Waals surface area contributed by atoms with Gasteiger partial charge in [0.2, 0.25) is 0 Å². The maximum absolute atomic E-state index is 11.2. The van der Waals surface area contributed by atoms with Crippen LogP contribution in [0.3, 0.4) is 0 Å². The minimum Gasteiger partial charge on any atom is -0.465 e. The largest absolute Gasteiger partial charge is 0.465 e. The van der Waals surface area contributed by atoms with Gasteiger partial charge in [-0.2, -0.15) is 5.10 Å². The molecule has 2 N–H and O–H groups in total. The predicted molar refractivity (Wildman–Crippen MR) is 53.5 cm³/mol. The Labute approximate surface area is 85.7 Å². The lowest BCUT2D eigenvalue weighted by Crippen LogP contribution is -2.04. The van der Waals surface area contributed by atoms with Crippen LogP contribution in [-0.4, -0.2) is 27.7 Å². The van der Waals surface area contributed by atoms with Crippen molar-refractivity contribution in [3.63, 3.8) is 0 Å². The van der Waals surface area contributed by atoms with E-state index in [-0.39, 0.29) is 0 Å². The number of rotatable bonds is 1. The van der Waals surface area contributed by atoms with Crippen LogP contribution < -0.4 is 5.73 Å². The highest BCUT2D eigenvalue weighted by Crippen LogP contribution is 2.15. The van der Waals surface area contributed by atoms with Gasteiger partial charge in [0, 0.05) is 12.4 Å². The first-order valence-corrected chi connectivity index (χ1v) is 4.32. The van der Waals surface area contributed by atoms with Gasteiger partial charge in [0.1, 0.15) is 5.69 Å². The second-order valence-corrected chi connectivity index (χ2v) is 3.10. The van der Waals surface area contributed by atoms with Gasteiger partial charge < -0.3 is 10.5 Å². The van der Waals surface area contributed by atoms with E-state index in [1.165, 1.54) is 24.0 Å². The van der Waals surface area contributed by atoms with Gasteiger partial charge in [-0.05, 0) is 6.92 Å². The lowest BCUT2D eigenvalue weighted by atomic mass is 10.3. The molecule has 0 aliphatic carbocycles. The second kappa shape index (κ2) is 3.23. The minimum absolute atomic E-state index is 0.340. The zero-order chi connectivity index (χ0) is 11.0. The molecule has 0 saturated carbocycles. The molecule has 0 saturated heterocycles. The van der Waals surface area contributed by atoms with E-state index >= 15 is 0 Å². The highest BCUT2D eigenvalue weighted by Gasteiger charge is 2.11. The summed E-state index contributed by atoms with van der Waals surface area (Å²) < 4.78 is 6.04. The van der Waals surface area contributed by atoms with Gasteiger partial charge in [-0.3, -0.25) is 0 Å². The van der Waals surface area contributed by atoms with E-state index in [4.69, 9.17) is 5.73 Å². The van der Waals surface area contributed by atoms with Gasteiger partial charge in [0.15, 0.2) is 5.65 Å². The molecule has 0 radical (unpaired) electrons. The van der Waals surface area contributed by atoms with Crippen LogP contribution in [0.4, 0.5) is 5.69 Å². The lowest BCUT2D eigenvalue weighted by Gasteiger charge is -1.98. The molecule has 0 atom stereocenters. The number of methoxy groups -OCH3 is 1. The van der Waals surface area contributed by atoms with Crippen molar-refractivity contribution in [3.05, 3.63) is 23.7 Å². The molecule has 0 spiro atoms. The zero-order valence-electron chi connectivity index (χ0n) is 8.39. The quantitative estimate of drug-likeness (QED) is 0.683. The Bertz CT molecular complexity index is 532. The normalized spacial score (nSPS) is 10.5. The standard InChI is InChI=1S/C9H10N4O2/c1-5-7(10)8-11-3-6(9(14)15-2)4-13(8)12-5/h3-4H,10H2,1-2H3. The number of esters is 1. The number of aromatic nitrogens is 3. The molecule has 2 aromatic heterocycles. The molecule has 0 aliphatic heterocycles. The predicted octanol–water partition coefficient (Wildman–Crippen LogP) is 0.407. The number of carbonyl (C=O) groups is 1. The third-order valence-electron chi connectivity index (χ3n) is 2.11. The topological polar surface area (TPSA) is 82.5 Å². The third kappa shape index (κ3) is 1.39. The molecule has 6 heteroatoms. The highest BCUT2D eigenvalue weighted by molar-refractivity contribution is 5.89. The molecule has 2 heterocycles. The Morgan fingerprint density at radius 2 is 2.33 bits per heavy atom. The molecule has 0 bridgehead atoms. The summed E-state index contributed by atoms with van der Waals surface area (Å²) in [6.45, 7) is 1.78. The van der Waals surface area contributed by atoms with Crippen LogP contribution in [0, 0.1) is 6.92 Å². The smallest absolute Gasteiger partial charge is 0.341 e. The van der Waals surface area contributed by atoms with Crippen molar-refractivity contribution in [2.45, 2.75) is 6.92 Å². The van der Waals surface area contributed by atoms with Crippen molar-refractivity contribution >= 4 is 17.3 Å². The van der Waals surface area contributed by atoms with E-state index in [2.05, 4.69) is 14.8 Å². The number of nitrogens with two attached hydrogens (primary N) is 1. The fourth-order valence-electron chi connectivity index (χ4n) is 1.29. The fraction of sp³-hybridized carbons (Fsp3) is 0.222. The van der Waals surface area contributed by atoms with Crippen molar-refractivity contribution < 1.29 is 9.53 Å². The molecule has 0 amide bonds. The summed E-state index contributed by atoms with van der Waals surface area (Å²) in [5.74, 6) is -0.448. The number of hydrogen-bond acceptors (Lipinski definition) is 5. The number of nitrogens with zero attached hydrogens (tertiary/aromatic N) is 3. The van der Waals surface area contributed by atoms with Gasteiger partial charge in [-0.25, -0.2) is 14.3 Å². The van der Waals surface area contributed by atoms with E-state index in [0.717, 1.165) is 0 Å². The van der Waals surface area contributed by atoms with Crippen LogP contribution in [0.5, 0.6) is 0 Å². The summed E-state index contributed by atoms with van der Waals surface area (Å²) in [4.78, 5) is 15.3. The Morgan fingerprint density at radius 1 is 1.60 bits per heavy atom. The van der Waals surface area contributed by atoms with Crippen molar-refractivity contribution in [1.82, 2.24) is 14.6 Å². The number of aryl methyl sites for hydroxylation is 1. The molecule has 78 valence electrons. The van der Waals surface area contributed by atoms with E-state index in [1.807, 2.05) is 0 Å². The lowest BCUT2D eigenvalue weighted by molar-refractivity contribution is 0.0599. The summed E-state index contributed by atoms with van der Waals surface area (Å²) in [6.07, 6.45) is 2.95. The Hall–Kier alpha value is -2.11. The van der Waals surface area contributed by atoms with Crippen LogP contribution in [0.15, 0.2) is 12.4 Å². The first kappa shape index (κ1) is 9.45. The Kier molecular flexibility index (Phi) is 2.03. The third-order valence-corrected chi connectivity index (χ3v) is 2.11. The van der Waals surface area contributed by atoms with Gasteiger partial charge in [-0.1, -0.05) is 0 Å². The molecule has 2 rings (SSSR count). The van der Waals surface area contributed by atoms with Crippen LogP contribution in [-0.2, 0) is 4.74 Å². The molecule has 2 aromatic rings. The number of hydrogen-bond donors (Lipinski definition) is 1. The van der Waals surface area contributed by atoms with E-state index < -0.39 is 5.97 Å². The van der Waals surface area contributed by atoms with Crippen molar-refractivity contribution in [2.75, 3.05) is 12.8 Å². The maximum Gasteiger partial charge on any atom is 0.341 e. The summed E-state index contributed by atoms with van der Waals surface area (Å²) >= 11 is 0. The van der Waals surface area contributed by atoms with Gasteiger partial charge in [0.25, 0.3) is 0 Å². The number of fused-ring (bicyclic) bond motifs is 1.